The highest BCUT2D eigenvalue weighted by Gasteiger charge is 2.14. The van der Waals surface area contributed by atoms with E-state index in [4.69, 9.17) is 4.52 Å². The Morgan fingerprint density at radius 3 is 2.45 bits per heavy atom. The van der Waals surface area contributed by atoms with Crippen molar-refractivity contribution in [3.8, 4) is 0 Å². The molecule has 1 N–H and O–H groups in total. The molecule has 3 nitrogen and oxygen atoms in total. The maximum absolute atomic E-state index is 5.01. The standard InChI is InChI=1S/C7H14N2OSi/c1-6-5-7(10-8-6)9-11(2,3)4/h5,9H,1-4H3. The van der Waals surface area contributed by atoms with Crippen LogP contribution in [0.25, 0.3) is 0 Å². The summed E-state index contributed by atoms with van der Waals surface area (Å²) in [5, 5.41) is 3.79. The first-order valence-electron chi connectivity index (χ1n) is 3.69. The number of anilines is 1. The summed E-state index contributed by atoms with van der Waals surface area (Å²) in [7, 11) is -1.27. The van der Waals surface area contributed by atoms with Crippen molar-refractivity contribution in [2.75, 3.05) is 4.98 Å². The number of hydrogen-bond donors (Lipinski definition) is 1. The fourth-order valence-electron chi connectivity index (χ4n) is 0.792. The SMILES string of the molecule is Cc1cc(N[Si](C)(C)C)on1. The van der Waals surface area contributed by atoms with E-state index >= 15 is 0 Å². The average molecular weight is 170 g/mol. The van der Waals surface area contributed by atoms with Crippen LogP contribution in [0.4, 0.5) is 5.88 Å². The first kappa shape index (κ1) is 8.32. The van der Waals surface area contributed by atoms with Crippen LogP contribution in [0.1, 0.15) is 5.69 Å². The quantitative estimate of drug-likeness (QED) is 0.692. The summed E-state index contributed by atoms with van der Waals surface area (Å²) in [6.07, 6.45) is 0. The van der Waals surface area contributed by atoms with Gasteiger partial charge in [-0.3, -0.25) is 0 Å². The van der Waals surface area contributed by atoms with Crippen LogP contribution in [-0.2, 0) is 0 Å². The van der Waals surface area contributed by atoms with E-state index in [9.17, 15) is 0 Å². The van der Waals surface area contributed by atoms with Crippen LogP contribution in [0.5, 0.6) is 0 Å². The smallest absolute Gasteiger partial charge is 0.217 e. The number of aryl methyl sites for hydroxylation is 1. The van der Waals surface area contributed by atoms with Crippen molar-refractivity contribution in [2.24, 2.45) is 0 Å². The van der Waals surface area contributed by atoms with E-state index in [2.05, 4.69) is 29.8 Å². The molecule has 1 rings (SSSR count). The Morgan fingerprint density at radius 2 is 2.09 bits per heavy atom. The molecule has 0 saturated carbocycles. The van der Waals surface area contributed by atoms with Gasteiger partial charge in [0.25, 0.3) is 0 Å². The summed E-state index contributed by atoms with van der Waals surface area (Å²) in [5.74, 6) is 0.793. The average Bonchev–Trinajstić information content (AvgIpc) is 2.10. The van der Waals surface area contributed by atoms with Crippen LogP contribution >= 0.6 is 0 Å². The first-order valence-corrected chi connectivity index (χ1v) is 7.19. The van der Waals surface area contributed by atoms with Gasteiger partial charge >= 0.3 is 0 Å². The molecular formula is C7H14N2OSi. The monoisotopic (exact) mass is 170 g/mol. The predicted molar refractivity (Wildman–Crippen MR) is 48.2 cm³/mol. The van der Waals surface area contributed by atoms with Crippen molar-refractivity contribution < 1.29 is 4.52 Å². The van der Waals surface area contributed by atoms with Gasteiger partial charge in [-0.1, -0.05) is 24.8 Å². The second-order valence-corrected chi connectivity index (χ2v) is 8.46. The van der Waals surface area contributed by atoms with Gasteiger partial charge in [-0.15, -0.1) is 0 Å². The molecule has 0 bridgehead atoms. The van der Waals surface area contributed by atoms with Crippen molar-refractivity contribution in [3.63, 3.8) is 0 Å². The van der Waals surface area contributed by atoms with Crippen molar-refractivity contribution in [3.05, 3.63) is 11.8 Å². The number of nitrogens with one attached hydrogen (secondary N) is 1. The molecule has 0 fully saturated rings. The maximum Gasteiger partial charge on any atom is 0.217 e. The number of nitrogens with zero attached hydrogens (tertiary/aromatic N) is 1. The van der Waals surface area contributed by atoms with Crippen molar-refractivity contribution in [2.45, 2.75) is 26.6 Å². The zero-order valence-corrected chi connectivity index (χ0v) is 8.43. The Labute approximate surface area is 67.9 Å². The van der Waals surface area contributed by atoms with Gasteiger partial charge in [0.2, 0.25) is 5.88 Å². The zero-order valence-electron chi connectivity index (χ0n) is 7.43. The Hall–Kier alpha value is -0.773. The molecule has 1 aromatic rings. The predicted octanol–water partition coefficient (Wildman–Crippen LogP) is 2.23. The van der Waals surface area contributed by atoms with Crippen molar-refractivity contribution >= 4 is 14.1 Å². The molecule has 0 atom stereocenters. The third-order valence-electron chi connectivity index (χ3n) is 1.13. The normalized spacial score (nSPS) is 11.6. The van der Waals surface area contributed by atoms with Crippen LogP contribution in [-0.4, -0.2) is 13.4 Å². The second-order valence-electron chi connectivity index (χ2n) is 3.71. The van der Waals surface area contributed by atoms with Crippen LogP contribution < -0.4 is 4.98 Å². The van der Waals surface area contributed by atoms with E-state index in [1.807, 2.05) is 13.0 Å². The van der Waals surface area contributed by atoms with Gasteiger partial charge in [-0.05, 0) is 6.92 Å². The third kappa shape index (κ3) is 2.75. The molecule has 0 amide bonds. The van der Waals surface area contributed by atoms with Gasteiger partial charge in [0, 0.05) is 6.07 Å². The van der Waals surface area contributed by atoms with Gasteiger partial charge < -0.3 is 9.51 Å². The summed E-state index contributed by atoms with van der Waals surface area (Å²) in [5.41, 5.74) is 0.922. The van der Waals surface area contributed by atoms with Crippen molar-refractivity contribution in [1.82, 2.24) is 5.16 Å². The summed E-state index contributed by atoms with van der Waals surface area (Å²) in [6.45, 7) is 8.56. The molecule has 0 radical (unpaired) electrons. The lowest BCUT2D eigenvalue weighted by molar-refractivity contribution is 0.430. The number of rotatable bonds is 2. The minimum atomic E-state index is -1.27. The van der Waals surface area contributed by atoms with Gasteiger partial charge in [-0.2, -0.15) is 0 Å². The Balaban J connectivity index is 2.65. The highest BCUT2D eigenvalue weighted by Crippen LogP contribution is 2.12. The summed E-state index contributed by atoms with van der Waals surface area (Å²) in [6, 6.07) is 1.91. The van der Waals surface area contributed by atoms with E-state index in [1.165, 1.54) is 0 Å². The minimum Gasteiger partial charge on any atom is -0.380 e. The molecule has 0 aromatic carbocycles. The first-order chi connectivity index (χ1) is 4.97. The van der Waals surface area contributed by atoms with E-state index < -0.39 is 8.24 Å². The Kier molecular flexibility index (Phi) is 2.04. The molecule has 0 aliphatic carbocycles. The van der Waals surface area contributed by atoms with Crippen LogP contribution in [0.3, 0.4) is 0 Å². The topological polar surface area (TPSA) is 38.1 Å². The second kappa shape index (κ2) is 2.69. The minimum absolute atomic E-state index is 0.793. The molecule has 0 saturated heterocycles. The van der Waals surface area contributed by atoms with Crippen LogP contribution in [0.15, 0.2) is 10.6 Å². The largest absolute Gasteiger partial charge is 0.380 e. The van der Waals surface area contributed by atoms with E-state index in [1.54, 1.807) is 0 Å². The van der Waals surface area contributed by atoms with E-state index in [0.29, 0.717) is 0 Å². The lowest BCUT2D eigenvalue weighted by Gasteiger charge is -2.15. The highest BCUT2D eigenvalue weighted by atomic mass is 28.3. The lowest BCUT2D eigenvalue weighted by Crippen LogP contribution is -2.31. The molecular weight excluding hydrogens is 156 g/mol. The van der Waals surface area contributed by atoms with Gasteiger partial charge in [0.05, 0.1) is 5.69 Å². The van der Waals surface area contributed by atoms with Crippen LogP contribution in [0.2, 0.25) is 19.6 Å². The molecule has 0 spiro atoms. The molecule has 4 heteroatoms. The molecule has 1 heterocycles. The van der Waals surface area contributed by atoms with E-state index in [0.717, 1.165) is 11.6 Å². The summed E-state index contributed by atoms with van der Waals surface area (Å²) < 4.78 is 5.01. The Bertz CT molecular complexity index is 239. The number of aromatic nitrogens is 1. The van der Waals surface area contributed by atoms with Crippen LogP contribution in [0, 0.1) is 6.92 Å². The molecule has 1 aromatic heterocycles. The van der Waals surface area contributed by atoms with E-state index in [-0.39, 0.29) is 0 Å². The third-order valence-corrected chi connectivity index (χ3v) is 2.12. The fourth-order valence-corrected chi connectivity index (χ4v) is 1.65. The molecule has 62 valence electrons. The van der Waals surface area contributed by atoms with Gasteiger partial charge in [0.1, 0.15) is 8.24 Å². The molecule has 0 aliphatic heterocycles. The molecule has 0 unspecified atom stereocenters. The molecule has 11 heavy (non-hydrogen) atoms. The lowest BCUT2D eigenvalue weighted by atomic mass is 10.5. The van der Waals surface area contributed by atoms with Gasteiger partial charge in [0.15, 0.2) is 0 Å². The van der Waals surface area contributed by atoms with Gasteiger partial charge in [-0.25, -0.2) is 0 Å². The highest BCUT2D eigenvalue weighted by molar-refractivity contribution is 6.79. The summed E-state index contributed by atoms with van der Waals surface area (Å²) in [4.78, 5) is 3.31. The zero-order chi connectivity index (χ0) is 8.48. The Morgan fingerprint density at radius 1 is 1.45 bits per heavy atom. The van der Waals surface area contributed by atoms with Crippen molar-refractivity contribution in [1.29, 1.82) is 0 Å². The summed E-state index contributed by atoms with van der Waals surface area (Å²) >= 11 is 0. The fraction of sp³-hybridized carbons (Fsp3) is 0.571. The number of hydrogen-bond acceptors (Lipinski definition) is 3. The maximum atomic E-state index is 5.01. The molecule has 0 aliphatic rings.